The molecule has 128 valence electrons. The molecule has 1 aromatic carbocycles. The summed E-state index contributed by atoms with van der Waals surface area (Å²) in [6.07, 6.45) is -1.32. The Kier molecular flexibility index (Phi) is 4.55. The predicted octanol–water partition coefficient (Wildman–Crippen LogP) is -0.528. The minimum absolute atomic E-state index is 0.192. The molecule has 8 nitrogen and oxygen atoms in total. The fourth-order valence-corrected chi connectivity index (χ4v) is 6.07. The zero-order valence-corrected chi connectivity index (χ0v) is 14.1. The molecule has 0 aliphatic carbocycles. The number of nitrogens with zero attached hydrogens (tertiary/aromatic N) is 1. The smallest absolute Gasteiger partial charge is 0.335 e. The standard InChI is InChI=1S/C13H17NO7S2/c1-8-3-4-9(13(16)17)5-12(8)23(20,21)14(2)10-6-22(18,19)7-11(10)15/h3-5,10-11,15H,6-7H2,1-2H3,(H,16,17)/t10-,11-/m0/s1. The van der Waals surface area contributed by atoms with Crippen molar-refractivity contribution in [3.05, 3.63) is 29.3 Å². The number of aromatic carboxylic acids is 1. The number of aliphatic hydroxyl groups is 1. The maximum atomic E-state index is 12.7. The number of hydrogen-bond donors (Lipinski definition) is 2. The second-order valence-corrected chi connectivity index (χ2v) is 9.64. The van der Waals surface area contributed by atoms with Crippen LogP contribution in [0.1, 0.15) is 15.9 Å². The van der Waals surface area contributed by atoms with Crippen LogP contribution in [-0.4, -0.2) is 68.0 Å². The minimum atomic E-state index is -4.15. The number of carboxylic acid groups (broad SMARTS) is 1. The Labute approximate surface area is 134 Å². The molecule has 10 heteroatoms. The van der Waals surface area contributed by atoms with E-state index in [4.69, 9.17) is 5.11 Å². The first kappa shape index (κ1) is 17.9. The number of sulfonamides is 1. The summed E-state index contributed by atoms with van der Waals surface area (Å²) in [4.78, 5) is 10.8. The highest BCUT2D eigenvalue weighted by Crippen LogP contribution is 2.26. The molecule has 1 saturated heterocycles. The lowest BCUT2D eigenvalue weighted by Gasteiger charge is -2.26. The number of sulfone groups is 1. The number of rotatable bonds is 4. The Morgan fingerprint density at radius 3 is 2.39 bits per heavy atom. The van der Waals surface area contributed by atoms with E-state index in [0.717, 1.165) is 10.4 Å². The summed E-state index contributed by atoms with van der Waals surface area (Å²) in [5.74, 6) is -2.24. The molecule has 0 radical (unpaired) electrons. The molecule has 0 aromatic heterocycles. The molecule has 1 aromatic rings. The van der Waals surface area contributed by atoms with Crippen LogP contribution in [0.2, 0.25) is 0 Å². The van der Waals surface area contributed by atoms with Crippen LogP contribution in [0.5, 0.6) is 0 Å². The van der Waals surface area contributed by atoms with Crippen LogP contribution in [0.25, 0.3) is 0 Å². The minimum Gasteiger partial charge on any atom is -0.478 e. The summed E-state index contributed by atoms with van der Waals surface area (Å²) in [6.45, 7) is 1.51. The van der Waals surface area contributed by atoms with Gasteiger partial charge in [0.1, 0.15) is 0 Å². The Bertz CT molecular complexity index is 845. The van der Waals surface area contributed by atoms with Crippen molar-refractivity contribution in [2.45, 2.75) is 24.0 Å². The van der Waals surface area contributed by atoms with Gasteiger partial charge in [-0.05, 0) is 24.6 Å². The number of aryl methyl sites for hydroxylation is 1. The molecule has 1 aliphatic heterocycles. The fraction of sp³-hybridized carbons (Fsp3) is 0.462. The van der Waals surface area contributed by atoms with Gasteiger partial charge in [-0.25, -0.2) is 21.6 Å². The molecule has 1 heterocycles. The molecule has 0 amide bonds. The highest BCUT2D eigenvalue weighted by molar-refractivity contribution is 7.92. The normalized spacial score (nSPS) is 24.0. The molecule has 2 rings (SSSR count). The topological polar surface area (TPSA) is 129 Å². The summed E-state index contributed by atoms with van der Waals surface area (Å²) in [6, 6.07) is 2.58. The summed E-state index contributed by atoms with van der Waals surface area (Å²) in [5, 5.41) is 18.8. The number of likely N-dealkylation sites (N-methyl/N-ethyl adjacent to an activating group) is 1. The summed E-state index contributed by atoms with van der Waals surface area (Å²) >= 11 is 0. The highest BCUT2D eigenvalue weighted by Gasteiger charge is 2.43. The largest absolute Gasteiger partial charge is 0.478 e. The first-order chi connectivity index (χ1) is 10.5. The van der Waals surface area contributed by atoms with Crippen molar-refractivity contribution >= 4 is 25.8 Å². The summed E-state index contributed by atoms with van der Waals surface area (Å²) in [7, 11) is -6.48. The second-order valence-electron chi connectivity index (χ2n) is 5.52. The van der Waals surface area contributed by atoms with Crippen LogP contribution in [0.4, 0.5) is 0 Å². The lowest BCUT2D eigenvalue weighted by molar-refractivity contribution is 0.0696. The summed E-state index contributed by atoms with van der Waals surface area (Å²) in [5.41, 5.74) is 0.138. The van der Waals surface area contributed by atoms with Gasteiger partial charge in [0.15, 0.2) is 9.84 Å². The average molecular weight is 363 g/mol. The highest BCUT2D eigenvalue weighted by atomic mass is 32.2. The maximum Gasteiger partial charge on any atom is 0.335 e. The van der Waals surface area contributed by atoms with Gasteiger partial charge in [-0.3, -0.25) is 0 Å². The maximum absolute atomic E-state index is 12.7. The van der Waals surface area contributed by atoms with Crippen molar-refractivity contribution in [3.8, 4) is 0 Å². The Hall–Kier alpha value is -1.49. The number of carboxylic acids is 1. The first-order valence-electron chi connectivity index (χ1n) is 6.66. The van der Waals surface area contributed by atoms with E-state index >= 15 is 0 Å². The van der Waals surface area contributed by atoms with E-state index in [-0.39, 0.29) is 10.5 Å². The molecular formula is C13H17NO7S2. The van der Waals surface area contributed by atoms with E-state index in [2.05, 4.69) is 0 Å². The SMILES string of the molecule is Cc1ccc(C(=O)O)cc1S(=O)(=O)N(C)[C@H]1CS(=O)(=O)C[C@@H]1O. The molecule has 0 bridgehead atoms. The molecule has 0 unspecified atom stereocenters. The average Bonchev–Trinajstić information content (AvgIpc) is 2.70. The third-order valence-electron chi connectivity index (χ3n) is 3.85. The van der Waals surface area contributed by atoms with Crippen LogP contribution in [-0.2, 0) is 19.9 Å². The van der Waals surface area contributed by atoms with Gasteiger partial charge in [0, 0.05) is 7.05 Å². The van der Waals surface area contributed by atoms with E-state index in [1.54, 1.807) is 0 Å². The van der Waals surface area contributed by atoms with E-state index in [9.17, 15) is 26.7 Å². The number of carbonyl (C=O) groups is 1. The third kappa shape index (κ3) is 3.39. The molecule has 1 fully saturated rings. The Balaban J connectivity index is 2.46. The van der Waals surface area contributed by atoms with Crippen molar-refractivity contribution < 1.29 is 31.8 Å². The van der Waals surface area contributed by atoms with E-state index in [1.807, 2.05) is 0 Å². The fourth-order valence-electron chi connectivity index (χ4n) is 2.50. The third-order valence-corrected chi connectivity index (χ3v) is 7.58. The van der Waals surface area contributed by atoms with Crippen molar-refractivity contribution in [1.82, 2.24) is 4.31 Å². The van der Waals surface area contributed by atoms with E-state index in [1.165, 1.54) is 26.1 Å². The number of hydrogen-bond acceptors (Lipinski definition) is 6. The van der Waals surface area contributed by atoms with Gasteiger partial charge >= 0.3 is 5.97 Å². The van der Waals surface area contributed by atoms with E-state index in [0.29, 0.717) is 5.56 Å². The van der Waals surface area contributed by atoms with Crippen LogP contribution in [0.3, 0.4) is 0 Å². The van der Waals surface area contributed by atoms with Gasteiger partial charge in [-0.15, -0.1) is 0 Å². The van der Waals surface area contributed by atoms with E-state index < -0.39 is 49.5 Å². The van der Waals surface area contributed by atoms with Crippen LogP contribution in [0, 0.1) is 6.92 Å². The van der Waals surface area contributed by atoms with Crippen LogP contribution >= 0.6 is 0 Å². The van der Waals surface area contributed by atoms with Gasteiger partial charge < -0.3 is 10.2 Å². The lowest BCUT2D eigenvalue weighted by atomic mass is 10.1. The van der Waals surface area contributed by atoms with Crippen molar-refractivity contribution in [3.63, 3.8) is 0 Å². The van der Waals surface area contributed by atoms with Crippen molar-refractivity contribution in [2.75, 3.05) is 18.6 Å². The predicted molar refractivity (Wildman–Crippen MR) is 81.5 cm³/mol. The lowest BCUT2D eigenvalue weighted by Crippen LogP contribution is -2.44. The Morgan fingerprint density at radius 2 is 1.91 bits per heavy atom. The van der Waals surface area contributed by atoms with Crippen molar-refractivity contribution in [2.24, 2.45) is 0 Å². The number of aliphatic hydroxyl groups excluding tert-OH is 1. The zero-order valence-electron chi connectivity index (χ0n) is 12.5. The molecule has 2 atom stereocenters. The summed E-state index contributed by atoms with van der Waals surface area (Å²) < 4.78 is 49.3. The van der Waals surface area contributed by atoms with Crippen LogP contribution < -0.4 is 0 Å². The second kappa shape index (κ2) is 5.86. The first-order valence-corrected chi connectivity index (χ1v) is 9.92. The van der Waals surface area contributed by atoms with Crippen molar-refractivity contribution in [1.29, 1.82) is 0 Å². The quantitative estimate of drug-likeness (QED) is 0.736. The monoisotopic (exact) mass is 363 g/mol. The van der Waals surface area contributed by atoms with Gasteiger partial charge in [0.05, 0.1) is 34.1 Å². The van der Waals surface area contributed by atoms with Gasteiger partial charge in [-0.1, -0.05) is 6.07 Å². The number of benzene rings is 1. The molecule has 0 spiro atoms. The zero-order chi connectivity index (χ0) is 17.6. The molecule has 1 aliphatic rings. The molecule has 0 saturated carbocycles. The molecule has 23 heavy (non-hydrogen) atoms. The van der Waals surface area contributed by atoms with Crippen LogP contribution in [0.15, 0.2) is 23.1 Å². The molecule has 2 N–H and O–H groups in total. The molecular weight excluding hydrogens is 346 g/mol. The van der Waals surface area contributed by atoms with Gasteiger partial charge in [0.25, 0.3) is 0 Å². The Morgan fingerprint density at radius 1 is 1.30 bits per heavy atom. The van der Waals surface area contributed by atoms with Gasteiger partial charge in [-0.2, -0.15) is 4.31 Å². The van der Waals surface area contributed by atoms with Gasteiger partial charge in [0.2, 0.25) is 10.0 Å².